The lowest BCUT2D eigenvalue weighted by molar-refractivity contribution is -0.116. The van der Waals surface area contributed by atoms with Crippen LogP contribution in [0.2, 0.25) is 0 Å². The third kappa shape index (κ3) is 6.20. The van der Waals surface area contributed by atoms with Crippen LogP contribution in [0.4, 0.5) is 11.4 Å². The normalized spacial score (nSPS) is 12.6. The molecule has 0 saturated carbocycles. The zero-order valence-corrected chi connectivity index (χ0v) is 19.6. The molecule has 0 atom stereocenters. The number of benzene rings is 3. The van der Waals surface area contributed by atoms with Crippen LogP contribution in [0.5, 0.6) is 23.0 Å². The topological polar surface area (TPSA) is 94.2 Å². The van der Waals surface area contributed by atoms with Gasteiger partial charge in [-0.25, -0.2) is 8.42 Å². The van der Waals surface area contributed by atoms with E-state index in [2.05, 4.69) is 5.32 Å². The van der Waals surface area contributed by atoms with E-state index >= 15 is 0 Å². The lowest BCUT2D eigenvalue weighted by Gasteiger charge is -2.25. The van der Waals surface area contributed by atoms with Crippen LogP contribution < -0.4 is 23.8 Å². The van der Waals surface area contributed by atoms with Crippen LogP contribution >= 0.6 is 0 Å². The Bertz CT molecular complexity index is 1230. The first kappa shape index (κ1) is 23.4. The van der Waals surface area contributed by atoms with E-state index in [1.54, 1.807) is 42.5 Å². The minimum atomic E-state index is -3.54. The highest BCUT2D eigenvalue weighted by Crippen LogP contribution is 2.34. The number of nitrogens with zero attached hydrogens (tertiary/aromatic N) is 1. The second kappa shape index (κ2) is 10.5. The lowest BCUT2D eigenvalue weighted by Crippen LogP contribution is -2.31. The summed E-state index contributed by atoms with van der Waals surface area (Å²) < 4.78 is 42.8. The molecule has 0 fully saturated rings. The van der Waals surface area contributed by atoms with Crippen molar-refractivity contribution in [3.05, 3.63) is 72.8 Å². The number of sulfonamides is 1. The van der Waals surface area contributed by atoms with Crippen LogP contribution in [0.1, 0.15) is 12.8 Å². The van der Waals surface area contributed by atoms with E-state index in [9.17, 15) is 13.2 Å². The first-order valence-corrected chi connectivity index (χ1v) is 12.7. The molecule has 0 unspecified atom stereocenters. The summed E-state index contributed by atoms with van der Waals surface area (Å²) >= 11 is 0. The van der Waals surface area contributed by atoms with Crippen LogP contribution in [0.3, 0.4) is 0 Å². The van der Waals surface area contributed by atoms with Crippen molar-refractivity contribution in [1.82, 2.24) is 0 Å². The molecule has 0 bridgehead atoms. The number of ether oxygens (including phenoxy) is 3. The SMILES string of the molecule is CS(=O)(=O)N(CCCC(=O)Nc1ccc(Oc2ccccc2)cc1)c1ccc2c(c1)OCCO2. The zero-order chi connectivity index (χ0) is 24.0. The maximum atomic E-state index is 12.4. The summed E-state index contributed by atoms with van der Waals surface area (Å²) in [5.41, 5.74) is 1.11. The molecule has 0 aromatic heterocycles. The van der Waals surface area contributed by atoms with Crippen molar-refractivity contribution in [3.63, 3.8) is 0 Å². The predicted octanol–water partition coefficient (Wildman–Crippen LogP) is 4.44. The van der Waals surface area contributed by atoms with Crippen molar-refractivity contribution >= 4 is 27.3 Å². The molecule has 1 aliphatic rings. The average molecular weight is 483 g/mol. The van der Waals surface area contributed by atoms with Gasteiger partial charge in [0, 0.05) is 24.7 Å². The third-order valence-corrected chi connectivity index (χ3v) is 6.29. The van der Waals surface area contributed by atoms with Gasteiger partial charge in [-0.1, -0.05) is 18.2 Å². The Hall–Kier alpha value is -3.72. The van der Waals surface area contributed by atoms with Crippen LogP contribution in [0.25, 0.3) is 0 Å². The van der Waals surface area contributed by atoms with E-state index in [1.807, 2.05) is 30.3 Å². The van der Waals surface area contributed by atoms with Crippen molar-refractivity contribution in [3.8, 4) is 23.0 Å². The second-order valence-corrected chi connectivity index (χ2v) is 9.66. The van der Waals surface area contributed by atoms with Crippen LogP contribution in [-0.2, 0) is 14.8 Å². The van der Waals surface area contributed by atoms with Gasteiger partial charge in [0.15, 0.2) is 11.5 Å². The Morgan fingerprint density at radius 3 is 2.32 bits per heavy atom. The van der Waals surface area contributed by atoms with Gasteiger partial charge in [-0.3, -0.25) is 9.10 Å². The molecule has 8 nitrogen and oxygen atoms in total. The number of nitrogens with one attached hydrogen (secondary N) is 1. The van der Waals surface area contributed by atoms with Crippen molar-refractivity contribution in [2.45, 2.75) is 12.8 Å². The van der Waals surface area contributed by atoms with Crippen molar-refractivity contribution in [2.24, 2.45) is 0 Å². The summed E-state index contributed by atoms with van der Waals surface area (Å²) in [6, 6.07) is 21.5. The molecule has 1 amide bonds. The molecule has 9 heteroatoms. The number of rotatable bonds is 9. The Balaban J connectivity index is 1.31. The summed E-state index contributed by atoms with van der Waals surface area (Å²) in [5.74, 6) is 2.28. The van der Waals surface area contributed by atoms with E-state index in [4.69, 9.17) is 14.2 Å². The third-order valence-electron chi connectivity index (χ3n) is 5.10. The summed E-state index contributed by atoms with van der Waals surface area (Å²) in [7, 11) is -3.54. The first-order chi connectivity index (χ1) is 16.4. The number of amides is 1. The van der Waals surface area contributed by atoms with E-state index < -0.39 is 10.0 Å². The van der Waals surface area contributed by atoms with E-state index in [0.717, 1.165) is 12.0 Å². The number of fused-ring (bicyclic) bond motifs is 1. The fraction of sp³-hybridized carbons (Fsp3) is 0.240. The largest absolute Gasteiger partial charge is 0.486 e. The molecule has 0 spiro atoms. The maximum absolute atomic E-state index is 12.4. The monoisotopic (exact) mass is 482 g/mol. The Morgan fingerprint density at radius 1 is 0.941 bits per heavy atom. The summed E-state index contributed by atoms with van der Waals surface area (Å²) in [6.07, 6.45) is 1.66. The van der Waals surface area contributed by atoms with Gasteiger partial charge < -0.3 is 19.5 Å². The van der Waals surface area contributed by atoms with Gasteiger partial charge in [-0.2, -0.15) is 0 Å². The summed E-state index contributed by atoms with van der Waals surface area (Å²) in [5, 5.41) is 2.83. The number of para-hydroxylation sites is 1. The van der Waals surface area contributed by atoms with Gasteiger partial charge in [-0.05, 0) is 55.0 Å². The smallest absolute Gasteiger partial charge is 0.232 e. The molecule has 0 aliphatic carbocycles. The van der Waals surface area contributed by atoms with E-state index in [-0.39, 0.29) is 18.9 Å². The molecule has 0 radical (unpaired) electrons. The van der Waals surface area contributed by atoms with Crippen LogP contribution in [-0.4, -0.2) is 40.3 Å². The van der Waals surface area contributed by atoms with E-state index in [0.29, 0.717) is 48.3 Å². The Labute approximate surface area is 199 Å². The quantitative estimate of drug-likeness (QED) is 0.485. The molecule has 1 aliphatic heterocycles. The van der Waals surface area contributed by atoms with Gasteiger partial charge in [0.25, 0.3) is 0 Å². The van der Waals surface area contributed by atoms with Gasteiger partial charge in [-0.15, -0.1) is 0 Å². The average Bonchev–Trinajstić information content (AvgIpc) is 2.83. The number of anilines is 2. The molecule has 178 valence electrons. The Kier molecular flexibility index (Phi) is 7.22. The van der Waals surface area contributed by atoms with Gasteiger partial charge >= 0.3 is 0 Å². The van der Waals surface area contributed by atoms with Gasteiger partial charge in [0.1, 0.15) is 24.7 Å². The molecule has 3 aromatic rings. The molecule has 4 rings (SSSR count). The summed E-state index contributed by atoms with van der Waals surface area (Å²) in [6.45, 7) is 1.03. The minimum absolute atomic E-state index is 0.162. The maximum Gasteiger partial charge on any atom is 0.232 e. The van der Waals surface area contributed by atoms with Gasteiger partial charge in [0.05, 0.1) is 11.9 Å². The summed E-state index contributed by atoms with van der Waals surface area (Å²) in [4.78, 5) is 12.4. The number of hydrogen-bond acceptors (Lipinski definition) is 6. The van der Waals surface area contributed by atoms with Gasteiger partial charge in [0.2, 0.25) is 15.9 Å². The molecular formula is C25H26N2O6S. The highest BCUT2D eigenvalue weighted by Gasteiger charge is 2.21. The molecule has 1 heterocycles. The van der Waals surface area contributed by atoms with Crippen LogP contribution in [0, 0.1) is 0 Å². The number of carbonyl (C=O) groups is 1. The minimum Gasteiger partial charge on any atom is -0.486 e. The number of carbonyl (C=O) groups excluding carboxylic acids is 1. The highest BCUT2D eigenvalue weighted by molar-refractivity contribution is 7.92. The standard InChI is InChI=1S/C25H26N2O6S/c1-34(29,30)27(20-11-14-23-24(18-20)32-17-16-31-23)15-5-8-25(28)26-19-9-12-22(13-10-19)33-21-6-3-2-4-7-21/h2-4,6-7,9-14,18H,5,8,15-17H2,1H3,(H,26,28). The van der Waals surface area contributed by atoms with Crippen LogP contribution in [0.15, 0.2) is 72.8 Å². The van der Waals surface area contributed by atoms with Crippen molar-refractivity contribution < 1.29 is 27.4 Å². The predicted molar refractivity (Wildman–Crippen MR) is 130 cm³/mol. The molecule has 0 saturated heterocycles. The first-order valence-electron chi connectivity index (χ1n) is 10.9. The fourth-order valence-electron chi connectivity index (χ4n) is 3.51. The molecule has 34 heavy (non-hydrogen) atoms. The van der Waals surface area contributed by atoms with Crippen molar-refractivity contribution in [2.75, 3.05) is 35.6 Å². The Morgan fingerprint density at radius 2 is 1.62 bits per heavy atom. The highest BCUT2D eigenvalue weighted by atomic mass is 32.2. The zero-order valence-electron chi connectivity index (χ0n) is 18.8. The molecular weight excluding hydrogens is 456 g/mol. The molecule has 3 aromatic carbocycles. The van der Waals surface area contributed by atoms with Crippen molar-refractivity contribution in [1.29, 1.82) is 0 Å². The fourth-order valence-corrected chi connectivity index (χ4v) is 4.47. The number of hydrogen-bond donors (Lipinski definition) is 1. The lowest BCUT2D eigenvalue weighted by atomic mass is 10.2. The second-order valence-electron chi connectivity index (χ2n) is 7.75. The van der Waals surface area contributed by atoms with E-state index in [1.165, 1.54) is 4.31 Å². The molecule has 1 N–H and O–H groups in total.